The van der Waals surface area contributed by atoms with Crippen LogP contribution in [0.15, 0.2) is 36.5 Å². The molecule has 0 aliphatic heterocycles. The van der Waals surface area contributed by atoms with Gasteiger partial charge in [0.15, 0.2) is 0 Å². The molecule has 0 radical (unpaired) electrons. The van der Waals surface area contributed by atoms with Crippen LogP contribution >= 0.6 is 0 Å². The number of aromatic amines is 1. The van der Waals surface area contributed by atoms with Gasteiger partial charge in [0.05, 0.1) is 25.3 Å². The van der Waals surface area contributed by atoms with Crippen LogP contribution in [0.3, 0.4) is 0 Å². The zero-order valence-corrected chi connectivity index (χ0v) is 11.3. The summed E-state index contributed by atoms with van der Waals surface area (Å²) in [7, 11) is 2.55. The van der Waals surface area contributed by atoms with Gasteiger partial charge in [-0.15, -0.1) is 0 Å². The van der Waals surface area contributed by atoms with E-state index in [4.69, 9.17) is 4.74 Å². The summed E-state index contributed by atoms with van der Waals surface area (Å²) in [5.41, 5.74) is 2.06. The lowest BCUT2D eigenvalue weighted by Crippen LogP contribution is -2.11. The number of nitrogens with one attached hydrogen (secondary N) is 1. The first-order valence-corrected chi connectivity index (χ1v) is 6.08. The van der Waals surface area contributed by atoms with Crippen LogP contribution in [0.2, 0.25) is 0 Å². The van der Waals surface area contributed by atoms with E-state index >= 15 is 0 Å². The highest BCUT2D eigenvalue weighted by Gasteiger charge is 2.24. The van der Waals surface area contributed by atoms with Crippen LogP contribution in [0.1, 0.15) is 32.0 Å². The maximum absolute atomic E-state index is 11.9. The summed E-state index contributed by atoms with van der Waals surface area (Å²) < 4.78 is 9.41. The molecular weight excluding hydrogens is 258 g/mol. The van der Waals surface area contributed by atoms with Gasteiger partial charge in [-0.1, -0.05) is 30.3 Å². The van der Waals surface area contributed by atoms with E-state index in [9.17, 15) is 9.59 Å². The minimum atomic E-state index is -0.569. The Labute approximate surface area is 116 Å². The molecular formula is C15H15NO4. The highest BCUT2D eigenvalue weighted by molar-refractivity contribution is 6.04. The molecule has 0 saturated heterocycles. The van der Waals surface area contributed by atoms with Crippen LogP contribution in [-0.4, -0.2) is 31.1 Å². The second-order valence-corrected chi connectivity index (χ2v) is 4.20. The summed E-state index contributed by atoms with van der Waals surface area (Å²) in [6.45, 7) is 0. The molecule has 0 saturated carbocycles. The molecule has 0 aliphatic rings. The predicted molar refractivity (Wildman–Crippen MR) is 72.7 cm³/mol. The first-order chi connectivity index (χ1) is 9.67. The quantitative estimate of drug-likeness (QED) is 0.867. The van der Waals surface area contributed by atoms with Crippen molar-refractivity contribution in [1.29, 1.82) is 0 Å². The summed E-state index contributed by atoms with van der Waals surface area (Å²) in [6.07, 6.45) is 1.97. The van der Waals surface area contributed by atoms with Crippen LogP contribution in [0.5, 0.6) is 0 Å². The van der Waals surface area contributed by atoms with Crippen molar-refractivity contribution in [3.8, 4) is 0 Å². The van der Waals surface area contributed by atoms with Gasteiger partial charge in [-0.25, -0.2) is 9.59 Å². The molecule has 20 heavy (non-hydrogen) atoms. The molecule has 2 aromatic rings. The highest BCUT2D eigenvalue weighted by Crippen LogP contribution is 2.19. The predicted octanol–water partition coefficient (Wildman–Crippen LogP) is 2.18. The standard InChI is InChI=1S/C15H15NO4/c1-19-14(17)11-9-16-12(13(11)15(18)20-2)8-10-6-4-3-5-7-10/h3-7,9,16H,8H2,1-2H3. The van der Waals surface area contributed by atoms with Crippen molar-refractivity contribution in [3.63, 3.8) is 0 Å². The molecule has 1 heterocycles. The summed E-state index contributed by atoms with van der Waals surface area (Å²) in [6, 6.07) is 9.63. The smallest absolute Gasteiger partial charge is 0.340 e. The van der Waals surface area contributed by atoms with Crippen molar-refractivity contribution in [1.82, 2.24) is 4.98 Å². The number of H-pyrrole nitrogens is 1. The number of benzene rings is 1. The molecule has 0 atom stereocenters. The molecule has 0 aliphatic carbocycles. The zero-order valence-electron chi connectivity index (χ0n) is 11.3. The largest absolute Gasteiger partial charge is 0.465 e. The molecule has 0 amide bonds. The Bertz CT molecular complexity index is 616. The fraction of sp³-hybridized carbons (Fsp3) is 0.200. The van der Waals surface area contributed by atoms with Crippen molar-refractivity contribution in [2.45, 2.75) is 6.42 Å². The van der Waals surface area contributed by atoms with Gasteiger partial charge < -0.3 is 14.5 Å². The van der Waals surface area contributed by atoms with Crippen molar-refractivity contribution in [3.05, 3.63) is 58.9 Å². The average molecular weight is 273 g/mol. The third kappa shape index (κ3) is 2.71. The number of rotatable bonds is 4. The molecule has 1 N–H and O–H groups in total. The minimum absolute atomic E-state index is 0.185. The maximum atomic E-state index is 11.9. The number of aromatic nitrogens is 1. The number of esters is 2. The molecule has 0 spiro atoms. The first-order valence-electron chi connectivity index (χ1n) is 6.08. The van der Waals surface area contributed by atoms with E-state index in [2.05, 4.69) is 9.72 Å². The molecule has 5 nitrogen and oxygen atoms in total. The number of hydrogen-bond acceptors (Lipinski definition) is 4. The lowest BCUT2D eigenvalue weighted by Gasteiger charge is -2.05. The van der Waals surface area contributed by atoms with Crippen LogP contribution in [-0.2, 0) is 15.9 Å². The van der Waals surface area contributed by atoms with Gasteiger partial charge in [0.2, 0.25) is 0 Å². The summed E-state index contributed by atoms with van der Waals surface area (Å²) in [4.78, 5) is 26.5. The van der Waals surface area contributed by atoms with E-state index in [0.717, 1.165) is 5.56 Å². The number of methoxy groups -OCH3 is 2. The second-order valence-electron chi connectivity index (χ2n) is 4.20. The van der Waals surface area contributed by atoms with Gasteiger partial charge in [-0.2, -0.15) is 0 Å². The summed E-state index contributed by atoms with van der Waals surface area (Å²) >= 11 is 0. The van der Waals surface area contributed by atoms with Gasteiger partial charge in [-0.3, -0.25) is 0 Å². The molecule has 104 valence electrons. The topological polar surface area (TPSA) is 68.4 Å². The Morgan fingerprint density at radius 1 is 1.05 bits per heavy atom. The fourth-order valence-electron chi connectivity index (χ4n) is 2.01. The number of carbonyl (C=O) groups excluding carboxylic acids is 2. The fourth-order valence-corrected chi connectivity index (χ4v) is 2.01. The molecule has 1 aromatic heterocycles. The van der Waals surface area contributed by atoms with E-state index in [0.29, 0.717) is 12.1 Å². The van der Waals surface area contributed by atoms with E-state index < -0.39 is 11.9 Å². The van der Waals surface area contributed by atoms with Gasteiger partial charge in [0, 0.05) is 18.3 Å². The Balaban J connectivity index is 2.40. The SMILES string of the molecule is COC(=O)c1c[nH]c(Cc2ccccc2)c1C(=O)OC. The number of carbonyl (C=O) groups is 2. The van der Waals surface area contributed by atoms with E-state index in [1.807, 2.05) is 30.3 Å². The normalized spacial score (nSPS) is 10.1. The Morgan fingerprint density at radius 2 is 1.70 bits per heavy atom. The van der Waals surface area contributed by atoms with Gasteiger partial charge in [-0.05, 0) is 5.56 Å². The lowest BCUT2D eigenvalue weighted by atomic mass is 10.0. The minimum Gasteiger partial charge on any atom is -0.465 e. The van der Waals surface area contributed by atoms with Crippen LogP contribution < -0.4 is 0 Å². The Hall–Kier alpha value is -2.56. The molecule has 0 unspecified atom stereocenters. The maximum Gasteiger partial charge on any atom is 0.340 e. The first kappa shape index (κ1) is 13.9. The number of ether oxygens (including phenoxy) is 2. The monoisotopic (exact) mass is 273 g/mol. The van der Waals surface area contributed by atoms with Crippen molar-refractivity contribution in [2.75, 3.05) is 14.2 Å². The molecule has 0 bridgehead atoms. The van der Waals surface area contributed by atoms with Crippen LogP contribution in [0, 0.1) is 0 Å². The number of hydrogen-bond donors (Lipinski definition) is 1. The Morgan fingerprint density at radius 3 is 2.30 bits per heavy atom. The molecule has 1 aromatic carbocycles. The van der Waals surface area contributed by atoms with Gasteiger partial charge >= 0.3 is 11.9 Å². The van der Waals surface area contributed by atoms with E-state index in [-0.39, 0.29) is 11.1 Å². The summed E-state index contributed by atoms with van der Waals surface area (Å²) in [5, 5.41) is 0. The van der Waals surface area contributed by atoms with Crippen molar-refractivity contribution < 1.29 is 19.1 Å². The van der Waals surface area contributed by atoms with Crippen molar-refractivity contribution in [2.24, 2.45) is 0 Å². The third-order valence-corrected chi connectivity index (χ3v) is 2.98. The Kier molecular flexibility index (Phi) is 4.20. The second kappa shape index (κ2) is 6.06. The van der Waals surface area contributed by atoms with Crippen molar-refractivity contribution >= 4 is 11.9 Å². The molecule has 5 heteroatoms. The molecule has 2 rings (SSSR count). The van der Waals surface area contributed by atoms with Gasteiger partial charge in [0.25, 0.3) is 0 Å². The van der Waals surface area contributed by atoms with E-state index in [1.165, 1.54) is 20.4 Å². The van der Waals surface area contributed by atoms with Gasteiger partial charge in [0.1, 0.15) is 0 Å². The lowest BCUT2D eigenvalue weighted by molar-refractivity contribution is 0.0556. The summed E-state index contributed by atoms with van der Waals surface area (Å²) in [5.74, 6) is -1.13. The zero-order chi connectivity index (χ0) is 14.5. The van der Waals surface area contributed by atoms with E-state index in [1.54, 1.807) is 0 Å². The van der Waals surface area contributed by atoms with Crippen LogP contribution in [0.4, 0.5) is 0 Å². The van der Waals surface area contributed by atoms with Crippen LogP contribution in [0.25, 0.3) is 0 Å². The third-order valence-electron chi connectivity index (χ3n) is 2.98. The average Bonchev–Trinajstić information content (AvgIpc) is 2.90. The molecule has 0 fully saturated rings. The highest BCUT2D eigenvalue weighted by atomic mass is 16.5.